The zero-order valence-electron chi connectivity index (χ0n) is 17.8. The van der Waals surface area contributed by atoms with Crippen LogP contribution < -0.4 is 5.32 Å². The van der Waals surface area contributed by atoms with Crippen molar-refractivity contribution in [1.29, 1.82) is 0 Å². The number of amides is 3. The first-order chi connectivity index (χ1) is 14.1. The van der Waals surface area contributed by atoms with Gasteiger partial charge in [0, 0.05) is 49.7 Å². The van der Waals surface area contributed by atoms with Gasteiger partial charge in [0.15, 0.2) is 0 Å². The molecule has 1 aromatic rings. The fourth-order valence-corrected chi connectivity index (χ4v) is 3.43. The molecule has 1 aromatic carbocycles. The summed E-state index contributed by atoms with van der Waals surface area (Å²) < 4.78 is 6.12. The van der Waals surface area contributed by atoms with E-state index < -0.39 is 11.7 Å². The van der Waals surface area contributed by atoms with E-state index in [0.717, 1.165) is 16.5 Å². The maximum absolute atomic E-state index is 12.5. The number of hydrogen-bond donors (Lipinski definition) is 1. The second-order valence-electron chi connectivity index (χ2n) is 8.13. The minimum absolute atomic E-state index is 0.0370. The molecule has 0 aliphatic carbocycles. The second-order valence-corrected chi connectivity index (χ2v) is 9.04. The maximum atomic E-state index is 12.5. The van der Waals surface area contributed by atoms with E-state index in [-0.39, 0.29) is 24.8 Å². The number of rotatable bonds is 5. The monoisotopic (exact) mass is 479 g/mol. The first kappa shape index (κ1) is 23.9. The van der Waals surface area contributed by atoms with Crippen LogP contribution in [0.4, 0.5) is 4.79 Å². The van der Waals surface area contributed by atoms with Crippen molar-refractivity contribution in [2.24, 2.45) is 0 Å². The maximum Gasteiger partial charge on any atom is 0.407 e. The molecule has 1 fully saturated rings. The molecule has 0 radical (unpaired) electrons. The third-order valence-corrected chi connectivity index (χ3v) is 4.93. The Hall–Kier alpha value is -2.35. The molecule has 0 spiro atoms. The van der Waals surface area contributed by atoms with Crippen LogP contribution in [0, 0.1) is 0 Å². The van der Waals surface area contributed by atoms with Gasteiger partial charge in [0.25, 0.3) is 0 Å². The summed E-state index contributed by atoms with van der Waals surface area (Å²) in [5, 5.41) is 2.60. The van der Waals surface area contributed by atoms with Gasteiger partial charge in [0.1, 0.15) is 5.60 Å². The molecule has 0 atom stereocenters. The Kier molecular flexibility index (Phi) is 8.89. The van der Waals surface area contributed by atoms with Crippen molar-refractivity contribution in [2.45, 2.75) is 39.2 Å². The molecule has 1 aliphatic rings. The van der Waals surface area contributed by atoms with Gasteiger partial charge in [-0.15, -0.1) is 0 Å². The fourth-order valence-electron chi connectivity index (χ4n) is 3.01. The van der Waals surface area contributed by atoms with Crippen LogP contribution in [0.15, 0.2) is 34.8 Å². The Bertz CT molecular complexity index is 789. The molecule has 0 aromatic heterocycles. The zero-order chi connectivity index (χ0) is 22.1. The van der Waals surface area contributed by atoms with Gasteiger partial charge < -0.3 is 19.9 Å². The van der Waals surface area contributed by atoms with Gasteiger partial charge in [0.05, 0.1) is 0 Å². The topological polar surface area (TPSA) is 79.0 Å². The summed E-state index contributed by atoms with van der Waals surface area (Å²) in [6, 6.07) is 7.73. The van der Waals surface area contributed by atoms with E-state index in [9.17, 15) is 14.4 Å². The molecular weight excluding hydrogens is 450 g/mol. The second kappa shape index (κ2) is 11.2. The van der Waals surface area contributed by atoms with E-state index in [1.165, 1.54) is 0 Å². The van der Waals surface area contributed by atoms with Crippen LogP contribution in [0.5, 0.6) is 0 Å². The lowest BCUT2D eigenvalue weighted by Crippen LogP contribution is -2.39. The largest absolute Gasteiger partial charge is 0.444 e. The predicted octanol–water partition coefficient (Wildman–Crippen LogP) is 3.44. The number of carbonyl (C=O) groups is 3. The average Bonchev–Trinajstić information content (AvgIpc) is 2.91. The molecule has 1 N–H and O–H groups in total. The molecule has 0 unspecified atom stereocenters. The number of benzene rings is 1. The predicted molar refractivity (Wildman–Crippen MR) is 120 cm³/mol. The van der Waals surface area contributed by atoms with Crippen LogP contribution in [0.25, 0.3) is 6.08 Å². The average molecular weight is 480 g/mol. The molecule has 0 bridgehead atoms. The van der Waals surface area contributed by atoms with Gasteiger partial charge in [-0.25, -0.2) is 4.79 Å². The van der Waals surface area contributed by atoms with Crippen molar-refractivity contribution in [3.05, 3.63) is 40.4 Å². The van der Waals surface area contributed by atoms with E-state index >= 15 is 0 Å². The summed E-state index contributed by atoms with van der Waals surface area (Å²) in [6.07, 6.45) is 3.77. The molecule has 30 heavy (non-hydrogen) atoms. The number of alkyl carbamates (subject to hydrolysis) is 1. The van der Waals surface area contributed by atoms with Gasteiger partial charge in [-0.05, 0) is 51.0 Å². The van der Waals surface area contributed by atoms with Crippen molar-refractivity contribution in [3.8, 4) is 0 Å². The number of nitrogens with zero attached hydrogens (tertiary/aromatic N) is 2. The van der Waals surface area contributed by atoms with Gasteiger partial charge in [-0.2, -0.15) is 0 Å². The molecule has 0 saturated carbocycles. The summed E-state index contributed by atoms with van der Waals surface area (Å²) >= 11 is 3.42. The summed E-state index contributed by atoms with van der Waals surface area (Å²) in [7, 11) is 0. The van der Waals surface area contributed by atoms with E-state index in [1.807, 2.05) is 24.3 Å². The quantitative estimate of drug-likeness (QED) is 0.655. The minimum atomic E-state index is -0.569. The lowest BCUT2D eigenvalue weighted by molar-refractivity contribution is -0.131. The Balaban J connectivity index is 1.77. The van der Waals surface area contributed by atoms with Gasteiger partial charge in [-0.3, -0.25) is 9.59 Å². The lowest BCUT2D eigenvalue weighted by Gasteiger charge is -2.22. The molecule has 1 heterocycles. The molecule has 1 aliphatic heterocycles. The minimum Gasteiger partial charge on any atom is -0.444 e. The smallest absolute Gasteiger partial charge is 0.407 e. The van der Waals surface area contributed by atoms with Crippen LogP contribution in [0.3, 0.4) is 0 Å². The third kappa shape index (κ3) is 8.57. The van der Waals surface area contributed by atoms with Crippen molar-refractivity contribution in [2.75, 3.05) is 32.7 Å². The molecule has 164 valence electrons. The van der Waals surface area contributed by atoms with Gasteiger partial charge in [0.2, 0.25) is 11.8 Å². The van der Waals surface area contributed by atoms with Gasteiger partial charge >= 0.3 is 6.09 Å². The Morgan fingerprint density at radius 2 is 1.83 bits per heavy atom. The van der Waals surface area contributed by atoms with Crippen LogP contribution in [-0.4, -0.2) is 66.0 Å². The molecule has 8 heteroatoms. The van der Waals surface area contributed by atoms with Crippen LogP contribution in [0.1, 0.15) is 39.2 Å². The normalized spacial score (nSPS) is 15.1. The Labute approximate surface area is 186 Å². The highest BCUT2D eigenvalue weighted by Crippen LogP contribution is 2.13. The van der Waals surface area contributed by atoms with Crippen molar-refractivity contribution >= 4 is 39.9 Å². The van der Waals surface area contributed by atoms with E-state index in [1.54, 1.807) is 42.7 Å². The van der Waals surface area contributed by atoms with E-state index in [0.29, 0.717) is 26.2 Å². The van der Waals surface area contributed by atoms with Gasteiger partial charge in [-0.1, -0.05) is 28.1 Å². The number of ether oxygens (including phenoxy) is 1. The van der Waals surface area contributed by atoms with Crippen molar-refractivity contribution < 1.29 is 19.1 Å². The molecule has 7 nitrogen and oxygen atoms in total. The Morgan fingerprint density at radius 1 is 1.13 bits per heavy atom. The van der Waals surface area contributed by atoms with Crippen LogP contribution in [-0.2, 0) is 14.3 Å². The lowest BCUT2D eigenvalue weighted by atomic mass is 10.2. The zero-order valence-corrected chi connectivity index (χ0v) is 19.4. The van der Waals surface area contributed by atoms with Crippen molar-refractivity contribution in [1.82, 2.24) is 15.1 Å². The van der Waals surface area contributed by atoms with Crippen molar-refractivity contribution in [3.63, 3.8) is 0 Å². The molecule has 1 saturated heterocycles. The molecule has 2 rings (SSSR count). The summed E-state index contributed by atoms with van der Waals surface area (Å²) in [5.74, 6) is -0.0964. The highest BCUT2D eigenvalue weighted by molar-refractivity contribution is 9.10. The van der Waals surface area contributed by atoms with E-state index in [2.05, 4.69) is 21.2 Å². The fraction of sp³-hybridized carbons (Fsp3) is 0.500. The highest BCUT2D eigenvalue weighted by atomic mass is 79.9. The first-order valence-electron chi connectivity index (χ1n) is 10.1. The number of carbonyl (C=O) groups excluding carboxylic acids is 3. The number of nitrogens with one attached hydrogen (secondary N) is 1. The standard InChI is InChI=1S/C22H30BrN3O4/c1-22(2,3)30-21(29)24-11-10-20(28)26-13-5-12-25(14-15-26)19(27)9-8-17-6-4-7-18(23)16-17/h4,6-9,16H,5,10-15H2,1-3H3,(H,24,29)/b9-8+. The van der Waals surface area contributed by atoms with Crippen LogP contribution in [0.2, 0.25) is 0 Å². The third-order valence-electron chi connectivity index (χ3n) is 4.43. The van der Waals surface area contributed by atoms with E-state index in [4.69, 9.17) is 4.74 Å². The summed E-state index contributed by atoms with van der Waals surface area (Å²) in [5.41, 5.74) is 0.377. The Morgan fingerprint density at radius 3 is 2.53 bits per heavy atom. The molecule has 3 amide bonds. The summed E-state index contributed by atoms with van der Waals surface area (Å²) in [6.45, 7) is 7.78. The van der Waals surface area contributed by atoms with Crippen LogP contribution >= 0.6 is 15.9 Å². The first-order valence-corrected chi connectivity index (χ1v) is 10.9. The summed E-state index contributed by atoms with van der Waals surface area (Å²) in [4.78, 5) is 40.1. The number of hydrogen-bond acceptors (Lipinski definition) is 4. The number of halogens is 1. The SMILES string of the molecule is CC(C)(C)OC(=O)NCCC(=O)N1CCCN(C(=O)/C=C/c2cccc(Br)c2)CC1. The highest BCUT2D eigenvalue weighted by Gasteiger charge is 2.21. The molecular formula is C22H30BrN3O4.